The molecule has 1 heterocycles. The molecule has 0 unspecified atom stereocenters. The Morgan fingerprint density at radius 1 is 1.43 bits per heavy atom. The van der Waals surface area contributed by atoms with E-state index in [1.807, 2.05) is 0 Å². The number of nitro groups is 1. The third-order valence-corrected chi connectivity index (χ3v) is 2.72. The monoisotopic (exact) mass is 306 g/mol. The zero-order valence-corrected chi connectivity index (χ0v) is 11.6. The van der Waals surface area contributed by atoms with Gasteiger partial charge in [0.05, 0.1) is 11.5 Å². The fourth-order valence-electron chi connectivity index (χ4n) is 1.66. The minimum absolute atomic E-state index is 0.0957. The van der Waals surface area contributed by atoms with Crippen LogP contribution in [0.4, 0.5) is 5.69 Å². The lowest BCUT2D eigenvalue weighted by Crippen LogP contribution is -2.25. The first-order valence-electron chi connectivity index (χ1n) is 5.90. The Kier molecular flexibility index (Phi) is 4.34. The Morgan fingerprint density at radius 2 is 2.14 bits per heavy atom. The van der Waals surface area contributed by atoms with Gasteiger partial charge in [-0.2, -0.15) is 5.10 Å². The molecule has 0 aliphatic rings. The van der Waals surface area contributed by atoms with Gasteiger partial charge < -0.3 is 5.32 Å². The lowest BCUT2D eigenvalue weighted by atomic mass is 10.3. The second-order valence-electron chi connectivity index (χ2n) is 4.09. The normalized spacial score (nSPS) is 10.1. The maximum absolute atomic E-state index is 11.8. The topological polar surface area (TPSA) is 90.1 Å². The van der Waals surface area contributed by atoms with Gasteiger partial charge in [0.25, 0.3) is 11.6 Å². The molecule has 0 saturated heterocycles. The molecule has 108 valence electrons. The number of para-hydroxylation sites is 2. The highest BCUT2D eigenvalue weighted by atomic mass is 35.5. The van der Waals surface area contributed by atoms with Crippen LogP contribution in [0.15, 0.2) is 48.1 Å². The summed E-state index contributed by atoms with van der Waals surface area (Å²) in [6.45, 7) is 3.58. The maximum atomic E-state index is 11.8. The fourth-order valence-corrected chi connectivity index (χ4v) is 1.73. The Bertz CT molecular complexity index is 711. The molecule has 0 saturated carbocycles. The molecule has 7 nitrogen and oxygen atoms in total. The summed E-state index contributed by atoms with van der Waals surface area (Å²) in [4.78, 5) is 22.3. The molecule has 0 fully saturated rings. The van der Waals surface area contributed by atoms with Crippen molar-refractivity contribution in [3.8, 4) is 5.69 Å². The predicted octanol–water partition coefficient (Wildman–Crippen LogP) is 2.26. The molecule has 1 aromatic heterocycles. The van der Waals surface area contributed by atoms with Crippen molar-refractivity contribution in [1.29, 1.82) is 0 Å². The van der Waals surface area contributed by atoms with E-state index in [1.165, 1.54) is 23.0 Å². The lowest BCUT2D eigenvalue weighted by Gasteiger charge is -2.03. The molecular weight excluding hydrogens is 296 g/mol. The smallest absolute Gasteiger partial charge is 0.294 e. The third kappa shape index (κ3) is 3.46. The van der Waals surface area contributed by atoms with Crippen LogP contribution < -0.4 is 5.32 Å². The molecule has 0 aliphatic carbocycles. The zero-order chi connectivity index (χ0) is 15.4. The standard InChI is InChI=1S/C13H11ClN4O3/c1-9(14)8-15-13(19)10-6-7-17(16-10)11-4-2-3-5-12(11)18(20)21/h2-7H,1,8H2,(H,15,19). The van der Waals surface area contributed by atoms with E-state index in [4.69, 9.17) is 11.6 Å². The van der Waals surface area contributed by atoms with E-state index in [2.05, 4.69) is 17.0 Å². The van der Waals surface area contributed by atoms with Crippen molar-refractivity contribution in [2.24, 2.45) is 0 Å². The highest BCUT2D eigenvalue weighted by Crippen LogP contribution is 2.21. The summed E-state index contributed by atoms with van der Waals surface area (Å²) in [6.07, 6.45) is 1.48. The van der Waals surface area contributed by atoms with Crippen LogP contribution >= 0.6 is 11.6 Å². The van der Waals surface area contributed by atoms with Gasteiger partial charge in [0, 0.05) is 17.3 Å². The summed E-state index contributed by atoms with van der Waals surface area (Å²) in [5.74, 6) is -0.436. The summed E-state index contributed by atoms with van der Waals surface area (Å²) in [6, 6.07) is 7.59. The number of amides is 1. The van der Waals surface area contributed by atoms with Gasteiger partial charge in [0.2, 0.25) is 0 Å². The van der Waals surface area contributed by atoms with E-state index in [0.717, 1.165) is 0 Å². The number of halogens is 1. The van der Waals surface area contributed by atoms with Crippen LogP contribution in [-0.2, 0) is 0 Å². The number of carbonyl (C=O) groups excluding carboxylic acids is 1. The molecule has 2 aromatic rings. The van der Waals surface area contributed by atoms with Crippen LogP contribution in [0.3, 0.4) is 0 Å². The first-order chi connectivity index (χ1) is 9.99. The SMILES string of the molecule is C=C(Cl)CNC(=O)c1ccn(-c2ccccc2[N+](=O)[O-])n1. The molecule has 0 aliphatic heterocycles. The highest BCUT2D eigenvalue weighted by Gasteiger charge is 2.16. The Labute approximate surface area is 125 Å². The number of rotatable bonds is 5. The number of hydrogen-bond donors (Lipinski definition) is 1. The van der Waals surface area contributed by atoms with Crippen LogP contribution in [0.1, 0.15) is 10.5 Å². The van der Waals surface area contributed by atoms with Gasteiger partial charge in [-0.05, 0) is 12.1 Å². The predicted molar refractivity (Wildman–Crippen MR) is 77.5 cm³/mol. The summed E-state index contributed by atoms with van der Waals surface area (Å²) in [7, 11) is 0. The quantitative estimate of drug-likeness (QED) is 0.677. The Balaban J connectivity index is 2.26. The first kappa shape index (κ1) is 14.7. The second kappa shape index (κ2) is 6.19. The Morgan fingerprint density at radius 3 is 2.81 bits per heavy atom. The van der Waals surface area contributed by atoms with Crippen LogP contribution in [0, 0.1) is 10.1 Å². The number of aromatic nitrogens is 2. The lowest BCUT2D eigenvalue weighted by molar-refractivity contribution is -0.384. The molecule has 1 aromatic carbocycles. The van der Waals surface area contributed by atoms with Gasteiger partial charge >= 0.3 is 0 Å². The van der Waals surface area contributed by atoms with Crippen LogP contribution in [0.5, 0.6) is 0 Å². The number of nitro benzene ring substituents is 1. The Hall–Kier alpha value is -2.67. The summed E-state index contributed by atoms with van der Waals surface area (Å²) >= 11 is 5.56. The minimum atomic E-state index is -0.506. The van der Waals surface area contributed by atoms with Crippen LogP contribution in [0.2, 0.25) is 0 Å². The zero-order valence-electron chi connectivity index (χ0n) is 10.8. The van der Waals surface area contributed by atoms with Crippen molar-refractivity contribution in [3.63, 3.8) is 0 Å². The van der Waals surface area contributed by atoms with Gasteiger partial charge in [-0.3, -0.25) is 14.9 Å². The van der Waals surface area contributed by atoms with Gasteiger partial charge in [-0.25, -0.2) is 4.68 Å². The number of carbonyl (C=O) groups is 1. The summed E-state index contributed by atoms with van der Waals surface area (Å²) in [5.41, 5.74) is 0.316. The summed E-state index contributed by atoms with van der Waals surface area (Å²) in [5, 5.41) is 17.8. The summed E-state index contributed by atoms with van der Waals surface area (Å²) < 4.78 is 1.28. The molecule has 1 amide bonds. The van der Waals surface area contributed by atoms with Gasteiger partial charge in [0.1, 0.15) is 5.69 Å². The molecular formula is C13H11ClN4O3. The van der Waals surface area contributed by atoms with Crippen molar-refractivity contribution in [3.05, 3.63) is 63.9 Å². The van der Waals surface area contributed by atoms with E-state index < -0.39 is 10.8 Å². The number of nitrogens with zero attached hydrogens (tertiary/aromatic N) is 3. The molecule has 0 atom stereocenters. The number of nitrogens with one attached hydrogen (secondary N) is 1. The van der Waals surface area contributed by atoms with E-state index >= 15 is 0 Å². The van der Waals surface area contributed by atoms with Crippen molar-refractivity contribution in [2.45, 2.75) is 0 Å². The van der Waals surface area contributed by atoms with Crippen LogP contribution in [0.25, 0.3) is 5.69 Å². The molecule has 21 heavy (non-hydrogen) atoms. The fraction of sp³-hybridized carbons (Fsp3) is 0.0769. The van der Waals surface area contributed by atoms with E-state index in [9.17, 15) is 14.9 Å². The molecule has 2 rings (SSSR count). The van der Waals surface area contributed by atoms with Crippen molar-refractivity contribution in [2.75, 3.05) is 6.54 Å². The number of hydrogen-bond acceptors (Lipinski definition) is 4. The van der Waals surface area contributed by atoms with Crippen molar-refractivity contribution >= 4 is 23.2 Å². The molecule has 0 bridgehead atoms. The average molecular weight is 307 g/mol. The van der Waals surface area contributed by atoms with Gasteiger partial charge in [-0.1, -0.05) is 30.3 Å². The van der Waals surface area contributed by atoms with Gasteiger partial charge in [0.15, 0.2) is 5.69 Å². The third-order valence-electron chi connectivity index (χ3n) is 2.59. The van der Waals surface area contributed by atoms with Crippen molar-refractivity contribution < 1.29 is 9.72 Å². The minimum Gasteiger partial charge on any atom is -0.346 e. The van der Waals surface area contributed by atoms with E-state index in [0.29, 0.717) is 5.03 Å². The molecule has 1 N–H and O–H groups in total. The first-order valence-corrected chi connectivity index (χ1v) is 6.28. The second-order valence-corrected chi connectivity index (χ2v) is 4.63. The van der Waals surface area contributed by atoms with Gasteiger partial charge in [-0.15, -0.1) is 0 Å². The van der Waals surface area contributed by atoms with E-state index in [-0.39, 0.29) is 23.6 Å². The van der Waals surface area contributed by atoms with Crippen LogP contribution in [-0.4, -0.2) is 27.2 Å². The highest BCUT2D eigenvalue weighted by molar-refractivity contribution is 6.29. The van der Waals surface area contributed by atoms with E-state index in [1.54, 1.807) is 18.2 Å². The maximum Gasteiger partial charge on any atom is 0.294 e. The molecule has 8 heteroatoms. The largest absolute Gasteiger partial charge is 0.346 e. The van der Waals surface area contributed by atoms with Crippen molar-refractivity contribution in [1.82, 2.24) is 15.1 Å². The molecule has 0 radical (unpaired) electrons. The average Bonchev–Trinajstić information content (AvgIpc) is 2.94. The molecule has 0 spiro atoms. The number of benzene rings is 1.